The fourth-order valence-electron chi connectivity index (χ4n) is 5.30. The molecule has 2 fully saturated rings. The van der Waals surface area contributed by atoms with Gasteiger partial charge in [-0.25, -0.2) is 0 Å². The Hall–Kier alpha value is -2.58. The molecule has 0 bridgehead atoms. The Morgan fingerprint density at radius 1 is 1.09 bits per heavy atom. The number of hydrogen-bond donors (Lipinski definition) is 3. The largest absolute Gasteiger partial charge is 0.481 e. The molecule has 1 aromatic carbocycles. The Morgan fingerprint density at radius 3 is 2.38 bits per heavy atom. The summed E-state index contributed by atoms with van der Waals surface area (Å²) in [6.07, 6.45) is 4.21. The number of rotatable bonds is 7. The van der Waals surface area contributed by atoms with Crippen LogP contribution in [0.5, 0.6) is 0 Å². The number of piperidine rings is 2. The zero-order chi connectivity index (χ0) is 24.2. The van der Waals surface area contributed by atoms with Crippen molar-refractivity contribution in [1.29, 1.82) is 0 Å². The highest BCUT2D eigenvalue weighted by molar-refractivity contribution is 6.31. The van der Waals surface area contributed by atoms with Crippen molar-refractivity contribution in [2.24, 2.45) is 11.8 Å². The van der Waals surface area contributed by atoms with E-state index in [9.17, 15) is 14.4 Å². The van der Waals surface area contributed by atoms with Gasteiger partial charge in [0.2, 0.25) is 5.91 Å². The number of carboxylic acid groups (broad SMARTS) is 1. The van der Waals surface area contributed by atoms with Gasteiger partial charge in [0, 0.05) is 35.4 Å². The van der Waals surface area contributed by atoms with Gasteiger partial charge in [-0.2, -0.15) is 0 Å². The number of nitrogens with one attached hydrogen (secondary N) is 2. The number of aliphatic carboxylic acids is 1. The van der Waals surface area contributed by atoms with E-state index >= 15 is 0 Å². The highest BCUT2D eigenvalue weighted by Crippen LogP contribution is 2.32. The van der Waals surface area contributed by atoms with E-state index in [1.807, 2.05) is 0 Å². The molecule has 0 radical (unpaired) electrons. The lowest BCUT2D eigenvalue weighted by Crippen LogP contribution is -2.51. The van der Waals surface area contributed by atoms with Gasteiger partial charge in [0.15, 0.2) is 0 Å². The fraction of sp³-hybridized carbons (Fsp3) is 0.560. The van der Waals surface area contributed by atoms with Gasteiger partial charge in [0.05, 0.1) is 0 Å². The number of fused-ring (bicyclic) bond motifs is 1. The van der Waals surface area contributed by atoms with E-state index in [1.165, 1.54) is 12.8 Å². The summed E-state index contributed by atoms with van der Waals surface area (Å²) in [7, 11) is 2.16. The Labute approximate surface area is 204 Å². The molecule has 1 aromatic heterocycles. The number of H-pyrrole nitrogens is 1. The molecule has 3 N–H and O–H groups in total. The van der Waals surface area contributed by atoms with Gasteiger partial charge >= 0.3 is 5.97 Å². The summed E-state index contributed by atoms with van der Waals surface area (Å²) < 4.78 is 0. The molecule has 2 aliphatic heterocycles. The van der Waals surface area contributed by atoms with Crippen molar-refractivity contribution >= 4 is 40.3 Å². The lowest BCUT2D eigenvalue weighted by atomic mass is 9.79. The monoisotopic (exact) mass is 488 g/mol. The summed E-state index contributed by atoms with van der Waals surface area (Å²) in [6, 6.07) is 6.08. The van der Waals surface area contributed by atoms with E-state index in [0.29, 0.717) is 35.6 Å². The second-order valence-corrected chi connectivity index (χ2v) is 10.1. The van der Waals surface area contributed by atoms with Crippen molar-refractivity contribution in [2.75, 3.05) is 33.2 Å². The van der Waals surface area contributed by atoms with Crippen LogP contribution < -0.4 is 5.32 Å². The number of hydrogen-bond acceptors (Lipinski definition) is 4. The van der Waals surface area contributed by atoms with E-state index < -0.39 is 17.9 Å². The smallest absolute Gasteiger partial charge is 0.303 e. The maximum Gasteiger partial charge on any atom is 0.303 e. The molecule has 34 heavy (non-hydrogen) atoms. The van der Waals surface area contributed by atoms with Crippen LogP contribution in [0.1, 0.15) is 49.0 Å². The van der Waals surface area contributed by atoms with Crippen LogP contribution in [-0.2, 0) is 9.59 Å². The summed E-state index contributed by atoms with van der Waals surface area (Å²) in [5.74, 6) is -0.282. The maximum atomic E-state index is 13.3. The Kier molecular flexibility index (Phi) is 7.78. The van der Waals surface area contributed by atoms with Crippen LogP contribution in [0.3, 0.4) is 0 Å². The standard InChI is InChI=1S/C25H33ClN4O4/c1-29-10-6-16(7-11-29)17-8-12-30(13-9-17)25(34)21(4-5-23(31)32)28-24(33)22-15-18-14-19(26)2-3-20(18)27-22/h2-3,14-17,21,27H,4-13H2,1H3,(H,28,33)(H,31,32)/t21-/m0/s1. The van der Waals surface area contributed by atoms with Crippen molar-refractivity contribution in [1.82, 2.24) is 20.1 Å². The zero-order valence-corrected chi connectivity index (χ0v) is 20.3. The van der Waals surface area contributed by atoms with Crippen LogP contribution in [0.15, 0.2) is 24.3 Å². The van der Waals surface area contributed by atoms with E-state index in [1.54, 1.807) is 29.2 Å². The minimum absolute atomic E-state index is 0.0564. The van der Waals surface area contributed by atoms with Crippen LogP contribution in [0, 0.1) is 11.8 Å². The number of carbonyl (C=O) groups is 3. The van der Waals surface area contributed by atoms with Crippen molar-refractivity contribution in [3.05, 3.63) is 35.0 Å². The third-order valence-corrected chi connectivity index (χ3v) is 7.59. The number of likely N-dealkylation sites (tertiary alicyclic amines) is 2. The number of amides is 2. The lowest BCUT2D eigenvalue weighted by Gasteiger charge is -2.40. The van der Waals surface area contributed by atoms with Crippen molar-refractivity contribution in [2.45, 2.75) is 44.6 Å². The molecule has 0 aliphatic carbocycles. The Morgan fingerprint density at radius 2 is 1.74 bits per heavy atom. The summed E-state index contributed by atoms with van der Waals surface area (Å²) in [5, 5.41) is 13.3. The highest BCUT2D eigenvalue weighted by atomic mass is 35.5. The molecule has 8 nitrogen and oxygen atoms in total. The predicted molar refractivity (Wildman–Crippen MR) is 131 cm³/mol. The third-order valence-electron chi connectivity index (χ3n) is 7.36. The van der Waals surface area contributed by atoms with Crippen LogP contribution in [0.25, 0.3) is 10.9 Å². The van der Waals surface area contributed by atoms with Crippen molar-refractivity contribution in [3.63, 3.8) is 0 Å². The number of aromatic nitrogens is 1. The number of aromatic amines is 1. The second kappa shape index (κ2) is 10.8. The molecule has 0 saturated carbocycles. The van der Waals surface area contributed by atoms with E-state index in [-0.39, 0.29) is 18.7 Å². The lowest BCUT2D eigenvalue weighted by molar-refractivity contribution is -0.138. The van der Waals surface area contributed by atoms with Gasteiger partial charge in [-0.3, -0.25) is 14.4 Å². The highest BCUT2D eigenvalue weighted by Gasteiger charge is 2.33. The number of halogens is 1. The predicted octanol–water partition coefficient (Wildman–Crippen LogP) is 3.36. The third kappa shape index (κ3) is 5.91. The first-order valence-corrected chi connectivity index (χ1v) is 12.5. The molecule has 3 heterocycles. The molecule has 2 saturated heterocycles. The molecule has 2 aliphatic rings. The first-order valence-electron chi connectivity index (χ1n) is 12.1. The maximum absolute atomic E-state index is 13.3. The fourth-order valence-corrected chi connectivity index (χ4v) is 5.48. The number of nitrogens with zero attached hydrogens (tertiary/aromatic N) is 2. The topological polar surface area (TPSA) is 106 Å². The van der Waals surface area contributed by atoms with Crippen LogP contribution in [0.2, 0.25) is 5.02 Å². The van der Waals surface area contributed by atoms with E-state index in [0.717, 1.165) is 36.8 Å². The minimum atomic E-state index is -0.992. The molecule has 4 rings (SSSR count). The number of carboxylic acids is 1. The molecular weight excluding hydrogens is 456 g/mol. The van der Waals surface area contributed by atoms with Crippen molar-refractivity contribution in [3.8, 4) is 0 Å². The second-order valence-electron chi connectivity index (χ2n) is 9.68. The van der Waals surface area contributed by atoms with Gasteiger partial charge in [-0.1, -0.05) is 11.6 Å². The van der Waals surface area contributed by atoms with Crippen LogP contribution >= 0.6 is 11.6 Å². The average Bonchev–Trinajstić information content (AvgIpc) is 3.25. The van der Waals surface area contributed by atoms with Crippen molar-refractivity contribution < 1.29 is 19.5 Å². The Bertz CT molecular complexity index is 1040. The molecule has 184 valence electrons. The molecule has 0 spiro atoms. The summed E-state index contributed by atoms with van der Waals surface area (Å²) in [4.78, 5) is 44.6. The molecule has 0 unspecified atom stereocenters. The van der Waals surface area contributed by atoms with E-state index in [4.69, 9.17) is 16.7 Å². The van der Waals surface area contributed by atoms with Gasteiger partial charge in [-0.05, 0) is 88.3 Å². The van der Waals surface area contributed by atoms with Gasteiger partial charge in [0.1, 0.15) is 11.7 Å². The first kappa shape index (κ1) is 24.5. The Balaban J connectivity index is 1.39. The summed E-state index contributed by atoms with van der Waals surface area (Å²) in [5.41, 5.74) is 1.07. The minimum Gasteiger partial charge on any atom is -0.481 e. The number of carbonyl (C=O) groups excluding carboxylic acids is 2. The van der Waals surface area contributed by atoms with Crippen LogP contribution in [0.4, 0.5) is 0 Å². The zero-order valence-electron chi connectivity index (χ0n) is 19.6. The normalized spacial score (nSPS) is 19.3. The summed E-state index contributed by atoms with van der Waals surface area (Å²) in [6.45, 7) is 3.57. The first-order chi connectivity index (χ1) is 16.3. The quantitative estimate of drug-likeness (QED) is 0.554. The molecule has 9 heteroatoms. The van der Waals surface area contributed by atoms with Gasteiger partial charge in [-0.15, -0.1) is 0 Å². The molecule has 1 atom stereocenters. The van der Waals surface area contributed by atoms with Gasteiger partial charge in [0.25, 0.3) is 5.91 Å². The SMILES string of the molecule is CN1CCC(C2CCN(C(=O)[C@H](CCC(=O)O)NC(=O)c3cc4cc(Cl)ccc4[nH]3)CC2)CC1. The van der Waals surface area contributed by atoms with Gasteiger partial charge < -0.3 is 25.2 Å². The summed E-state index contributed by atoms with van der Waals surface area (Å²) >= 11 is 6.03. The molecular formula is C25H33ClN4O4. The van der Waals surface area contributed by atoms with E-state index in [2.05, 4.69) is 22.2 Å². The average molecular weight is 489 g/mol. The van der Waals surface area contributed by atoms with Crippen LogP contribution in [-0.4, -0.2) is 76.9 Å². The molecule has 2 amide bonds. The number of benzene rings is 1. The molecule has 2 aromatic rings.